The summed E-state index contributed by atoms with van der Waals surface area (Å²) in [6.07, 6.45) is -1.83. The molecule has 6 heteroatoms. The number of carboxylic acid groups (broad SMARTS) is 2. The summed E-state index contributed by atoms with van der Waals surface area (Å²) in [5.74, 6) is 0. The van der Waals surface area contributed by atoms with Crippen molar-refractivity contribution < 1.29 is 15.0 Å². The van der Waals surface area contributed by atoms with Crippen LogP contribution in [0.2, 0.25) is 0 Å². The molecule has 1 rings (SSSR count). The van der Waals surface area contributed by atoms with Gasteiger partial charge in [-0.05, 0) is 0 Å². The summed E-state index contributed by atoms with van der Waals surface area (Å²) in [5, 5.41) is 13.9. The average molecular weight is 280 g/mol. The van der Waals surface area contributed by atoms with Crippen LogP contribution < -0.4 is 0 Å². The lowest BCUT2D eigenvalue weighted by Gasteiger charge is -1.98. The zero-order valence-electron chi connectivity index (χ0n) is 6.51. The first-order valence-corrected chi connectivity index (χ1v) is 4.75. The highest BCUT2D eigenvalue weighted by Gasteiger charge is 2.69. The van der Waals surface area contributed by atoms with Crippen LogP contribution in [0, 0.1) is 5.41 Å². The van der Waals surface area contributed by atoms with Crippen molar-refractivity contribution in [2.75, 3.05) is 0 Å². The number of hydrogen-bond acceptors (Lipinski definition) is 1. The summed E-state index contributed by atoms with van der Waals surface area (Å²) >= 11 is 15.0. The Morgan fingerprint density at radius 3 is 1.50 bits per heavy atom. The largest absolute Gasteiger partial charge is 0.503 e. The fourth-order valence-corrected chi connectivity index (χ4v) is 2.34. The number of halogens is 3. The molecule has 0 radical (unpaired) electrons. The fraction of sp³-hybridized carbons (Fsp3) is 0.833. The third kappa shape index (κ3) is 2.41. The highest BCUT2D eigenvalue weighted by atomic mass is 79.9. The van der Waals surface area contributed by atoms with Crippen molar-refractivity contribution in [3.63, 3.8) is 0 Å². The number of carbonyl (C=O) groups is 1. The molecule has 0 aliphatic heterocycles. The molecule has 1 unspecified atom stereocenters. The van der Waals surface area contributed by atoms with E-state index >= 15 is 0 Å². The Hall–Kier alpha value is 0.330. The van der Waals surface area contributed by atoms with Gasteiger partial charge in [-0.3, -0.25) is 0 Å². The number of rotatable bonds is 0. The molecule has 0 amide bonds. The first kappa shape index (κ1) is 12.3. The Morgan fingerprint density at radius 2 is 1.50 bits per heavy atom. The van der Waals surface area contributed by atoms with Crippen LogP contribution in [0.25, 0.3) is 0 Å². The molecule has 12 heavy (non-hydrogen) atoms. The Balaban J connectivity index is 0.000000261. The maximum absolute atomic E-state index is 8.56. The van der Waals surface area contributed by atoms with Gasteiger partial charge in [0, 0.05) is 5.41 Å². The highest BCUT2D eigenvalue weighted by molar-refractivity contribution is 9.09. The van der Waals surface area contributed by atoms with Gasteiger partial charge in [0.1, 0.15) is 4.33 Å². The first-order chi connectivity index (χ1) is 5.14. The third-order valence-corrected chi connectivity index (χ3v) is 5.50. The summed E-state index contributed by atoms with van der Waals surface area (Å²) in [4.78, 5) is 8.81. The Morgan fingerprint density at radius 1 is 1.42 bits per heavy atom. The van der Waals surface area contributed by atoms with Crippen molar-refractivity contribution in [2.45, 2.75) is 23.0 Å². The standard InChI is InChI=1S/C5H7BrCl2.CH2O3/c1-4(2)3(6)5(4,7)8;2-1(3)4/h3H,1-2H3;(H2,2,3,4). The van der Waals surface area contributed by atoms with E-state index in [2.05, 4.69) is 15.9 Å². The van der Waals surface area contributed by atoms with E-state index in [1.807, 2.05) is 13.8 Å². The molecule has 0 aromatic rings. The molecular formula is C6H9BrCl2O3. The van der Waals surface area contributed by atoms with Crippen LogP contribution >= 0.6 is 39.1 Å². The Kier molecular flexibility index (Phi) is 3.70. The van der Waals surface area contributed by atoms with Crippen LogP contribution in [0.15, 0.2) is 0 Å². The van der Waals surface area contributed by atoms with Crippen molar-refractivity contribution in [3.05, 3.63) is 0 Å². The van der Waals surface area contributed by atoms with Crippen LogP contribution in [-0.2, 0) is 0 Å². The van der Waals surface area contributed by atoms with Gasteiger partial charge in [0.05, 0.1) is 4.83 Å². The van der Waals surface area contributed by atoms with Gasteiger partial charge in [-0.2, -0.15) is 0 Å². The van der Waals surface area contributed by atoms with E-state index in [1.165, 1.54) is 0 Å². The molecule has 1 saturated carbocycles. The molecule has 1 aliphatic rings. The maximum Gasteiger partial charge on any atom is 0.503 e. The Labute approximate surface area is 88.8 Å². The van der Waals surface area contributed by atoms with Crippen LogP contribution in [0.3, 0.4) is 0 Å². The molecule has 1 atom stereocenters. The van der Waals surface area contributed by atoms with Crippen LogP contribution in [-0.4, -0.2) is 25.5 Å². The lowest BCUT2D eigenvalue weighted by atomic mass is 10.2. The highest BCUT2D eigenvalue weighted by Crippen LogP contribution is 2.67. The van der Waals surface area contributed by atoms with Gasteiger partial charge < -0.3 is 10.2 Å². The second-order valence-electron chi connectivity index (χ2n) is 2.99. The van der Waals surface area contributed by atoms with Crippen LogP contribution in [0.4, 0.5) is 4.79 Å². The third-order valence-electron chi connectivity index (χ3n) is 1.73. The van der Waals surface area contributed by atoms with Crippen molar-refractivity contribution >= 4 is 45.3 Å². The SMILES string of the molecule is CC1(C)C(Br)C1(Cl)Cl.O=C(O)O. The van der Waals surface area contributed by atoms with Crippen molar-refractivity contribution in [2.24, 2.45) is 5.41 Å². The first-order valence-electron chi connectivity index (χ1n) is 3.07. The zero-order chi connectivity index (χ0) is 10.2. The maximum atomic E-state index is 8.56. The molecule has 0 heterocycles. The van der Waals surface area contributed by atoms with E-state index < -0.39 is 10.5 Å². The van der Waals surface area contributed by atoms with Crippen molar-refractivity contribution in [1.82, 2.24) is 0 Å². The minimum absolute atomic E-state index is 0.0517. The van der Waals surface area contributed by atoms with Crippen molar-refractivity contribution in [1.29, 1.82) is 0 Å². The van der Waals surface area contributed by atoms with Gasteiger partial charge in [0.25, 0.3) is 0 Å². The molecule has 0 aromatic heterocycles. The normalized spacial score (nSPS) is 28.2. The average Bonchev–Trinajstić information content (AvgIpc) is 2.12. The number of alkyl halides is 3. The van der Waals surface area contributed by atoms with E-state index in [4.69, 9.17) is 38.2 Å². The minimum Gasteiger partial charge on any atom is -0.450 e. The molecule has 0 spiro atoms. The van der Waals surface area contributed by atoms with E-state index in [1.54, 1.807) is 0 Å². The predicted octanol–water partition coefficient (Wildman–Crippen LogP) is 3.19. The fourth-order valence-electron chi connectivity index (χ4n) is 0.599. The van der Waals surface area contributed by atoms with Gasteiger partial charge in [-0.1, -0.05) is 53.0 Å². The lowest BCUT2D eigenvalue weighted by Crippen LogP contribution is -1.96. The summed E-state index contributed by atoms with van der Waals surface area (Å²) in [6.45, 7) is 4.07. The number of hydrogen-bond donors (Lipinski definition) is 2. The van der Waals surface area contributed by atoms with Gasteiger partial charge in [-0.25, -0.2) is 4.79 Å². The van der Waals surface area contributed by atoms with E-state index in [-0.39, 0.29) is 10.2 Å². The van der Waals surface area contributed by atoms with Gasteiger partial charge in [-0.15, -0.1) is 0 Å². The second-order valence-corrected chi connectivity index (χ2v) is 5.29. The lowest BCUT2D eigenvalue weighted by molar-refractivity contribution is 0.137. The van der Waals surface area contributed by atoms with Gasteiger partial charge in [0.15, 0.2) is 0 Å². The monoisotopic (exact) mass is 278 g/mol. The zero-order valence-corrected chi connectivity index (χ0v) is 9.61. The Bertz CT molecular complexity index is 175. The minimum atomic E-state index is -1.83. The molecule has 0 saturated heterocycles. The van der Waals surface area contributed by atoms with Crippen LogP contribution in [0.1, 0.15) is 13.8 Å². The summed E-state index contributed by atoms with van der Waals surface area (Å²) in [7, 11) is 0. The summed E-state index contributed by atoms with van der Waals surface area (Å²) < 4.78 is -0.535. The predicted molar refractivity (Wildman–Crippen MR) is 51.6 cm³/mol. The molecular weight excluding hydrogens is 271 g/mol. The molecule has 3 nitrogen and oxygen atoms in total. The summed E-state index contributed by atoms with van der Waals surface area (Å²) in [6, 6.07) is 0. The quantitative estimate of drug-likeness (QED) is 0.670. The second kappa shape index (κ2) is 3.60. The molecule has 1 aliphatic carbocycles. The molecule has 0 bridgehead atoms. The summed E-state index contributed by atoms with van der Waals surface area (Å²) in [5.41, 5.74) is 0.0517. The van der Waals surface area contributed by atoms with E-state index in [0.29, 0.717) is 0 Å². The van der Waals surface area contributed by atoms with E-state index in [0.717, 1.165) is 0 Å². The van der Waals surface area contributed by atoms with Gasteiger partial charge in [0.2, 0.25) is 0 Å². The van der Waals surface area contributed by atoms with Crippen molar-refractivity contribution in [3.8, 4) is 0 Å². The molecule has 1 fully saturated rings. The smallest absolute Gasteiger partial charge is 0.450 e. The molecule has 0 aromatic carbocycles. The topological polar surface area (TPSA) is 57.5 Å². The molecule has 2 N–H and O–H groups in total. The van der Waals surface area contributed by atoms with E-state index in [9.17, 15) is 0 Å². The van der Waals surface area contributed by atoms with Crippen LogP contribution in [0.5, 0.6) is 0 Å². The van der Waals surface area contributed by atoms with Gasteiger partial charge >= 0.3 is 6.16 Å². The molecule has 72 valence electrons.